The number of aromatic nitrogens is 2. The third-order valence-corrected chi connectivity index (χ3v) is 6.44. The van der Waals surface area contributed by atoms with Gasteiger partial charge in [0.05, 0.1) is 42.6 Å². The number of rotatable bonds is 12. The number of ether oxygens (including phenoxy) is 3. The lowest BCUT2D eigenvalue weighted by Gasteiger charge is -2.16. The number of hydrogen-bond acceptors (Lipinski definition) is 7. The van der Waals surface area contributed by atoms with Crippen LogP contribution in [0.2, 0.25) is 0 Å². The minimum absolute atomic E-state index is 0.0202. The van der Waals surface area contributed by atoms with Gasteiger partial charge in [0.1, 0.15) is 23.4 Å². The van der Waals surface area contributed by atoms with Gasteiger partial charge in [-0.15, -0.1) is 0 Å². The first-order chi connectivity index (χ1) is 21.1. The number of aryl methyl sites for hydroxylation is 1. The Morgan fingerprint density at radius 3 is 2.52 bits per heavy atom. The molecule has 2 aromatic heterocycles. The molecule has 0 spiro atoms. The van der Waals surface area contributed by atoms with Crippen LogP contribution >= 0.6 is 0 Å². The van der Waals surface area contributed by atoms with Crippen molar-refractivity contribution in [3.63, 3.8) is 0 Å². The number of halogens is 1. The van der Waals surface area contributed by atoms with Crippen molar-refractivity contribution in [2.45, 2.75) is 25.8 Å². The van der Waals surface area contributed by atoms with Crippen molar-refractivity contribution < 1.29 is 33.0 Å². The topological polar surface area (TPSA) is 144 Å². The quantitative estimate of drug-likeness (QED) is 0.112. The van der Waals surface area contributed by atoms with E-state index in [2.05, 4.69) is 32.5 Å². The summed E-state index contributed by atoms with van der Waals surface area (Å²) in [5.74, 6) is -0.738. The van der Waals surface area contributed by atoms with Crippen LogP contribution in [0.25, 0.3) is 11.4 Å². The number of esters is 1. The van der Waals surface area contributed by atoms with Crippen molar-refractivity contribution in [3.8, 4) is 22.9 Å². The SMILES string of the molecule is C=C(CCC(NC(=O)c1c[nH]c(-c2cc(Oc3ccc(NC(=O)Nc4cccc(C)c4)c(F)c3)ccn2)c1)C(=O)OC)OC. The number of aromatic amines is 1. The molecule has 12 heteroatoms. The standard InChI is InChI=1S/C32H32FN5O6/c1-19-6-5-7-22(14-19)36-32(41)38-26-11-9-23(16-25(26)33)44-24-12-13-34-29(17-24)28-15-21(18-35-28)30(39)37-27(31(40)43-4)10-8-20(2)42-3/h5-7,9,11-18,27,35H,2,8,10H2,1,3-4H3,(H,37,39)(H2,36,38,41). The summed E-state index contributed by atoms with van der Waals surface area (Å²) >= 11 is 0. The fourth-order valence-corrected chi connectivity index (χ4v) is 4.14. The van der Waals surface area contributed by atoms with E-state index in [9.17, 15) is 18.8 Å². The van der Waals surface area contributed by atoms with Gasteiger partial charge < -0.3 is 35.1 Å². The first-order valence-corrected chi connectivity index (χ1v) is 13.5. The number of H-pyrrole nitrogens is 1. The van der Waals surface area contributed by atoms with Crippen LogP contribution in [0, 0.1) is 12.7 Å². The van der Waals surface area contributed by atoms with E-state index in [-0.39, 0.29) is 23.4 Å². The molecular weight excluding hydrogens is 569 g/mol. The Bertz CT molecular complexity index is 1670. The Morgan fingerprint density at radius 2 is 1.80 bits per heavy atom. The van der Waals surface area contributed by atoms with Crippen molar-refractivity contribution in [1.82, 2.24) is 15.3 Å². The molecule has 0 saturated carbocycles. The lowest BCUT2D eigenvalue weighted by atomic mass is 10.1. The first-order valence-electron chi connectivity index (χ1n) is 13.5. The Morgan fingerprint density at radius 1 is 1.00 bits per heavy atom. The summed E-state index contributed by atoms with van der Waals surface area (Å²) < 4.78 is 30.5. The highest BCUT2D eigenvalue weighted by Gasteiger charge is 2.23. The van der Waals surface area contributed by atoms with E-state index in [4.69, 9.17) is 14.2 Å². The Hall–Kier alpha value is -5.65. The van der Waals surface area contributed by atoms with Crippen molar-refractivity contribution >= 4 is 29.3 Å². The summed E-state index contributed by atoms with van der Waals surface area (Å²) in [7, 11) is 2.72. The van der Waals surface area contributed by atoms with Gasteiger partial charge in [0.25, 0.3) is 5.91 Å². The highest BCUT2D eigenvalue weighted by molar-refractivity contribution is 6.00. The summed E-state index contributed by atoms with van der Waals surface area (Å²) in [6.45, 7) is 5.62. The number of anilines is 2. The van der Waals surface area contributed by atoms with Gasteiger partial charge in [-0.05, 0) is 55.3 Å². The highest BCUT2D eigenvalue weighted by atomic mass is 19.1. The maximum atomic E-state index is 14.8. The molecule has 0 radical (unpaired) electrons. The zero-order valence-electron chi connectivity index (χ0n) is 24.4. The van der Waals surface area contributed by atoms with E-state index in [0.29, 0.717) is 35.0 Å². The van der Waals surface area contributed by atoms with Crippen LogP contribution in [0.5, 0.6) is 11.5 Å². The van der Waals surface area contributed by atoms with Gasteiger partial charge in [0, 0.05) is 36.6 Å². The molecular formula is C32H32FN5O6. The molecule has 2 heterocycles. The molecule has 0 saturated heterocycles. The Balaban J connectivity index is 1.39. The molecule has 1 atom stereocenters. The van der Waals surface area contributed by atoms with E-state index in [0.717, 1.165) is 11.6 Å². The molecule has 0 fully saturated rings. The van der Waals surface area contributed by atoms with Gasteiger partial charge >= 0.3 is 12.0 Å². The maximum Gasteiger partial charge on any atom is 0.328 e. The van der Waals surface area contributed by atoms with Crippen LogP contribution in [0.4, 0.5) is 20.6 Å². The summed E-state index contributed by atoms with van der Waals surface area (Å²) in [6, 6.07) is 14.6. The third-order valence-electron chi connectivity index (χ3n) is 6.44. The summed E-state index contributed by atoms with van der Waals surface area (Å²) in [4.78, 5) is 44.7. The molecule has 2 aromatic carbocycles. The monoisotopic (exact) mass is 601 g/mol. The predicted octanol–water partition coefficient (Wildman–Crippen LogP) is 6.17. The van der Waals surface area contributed by atoms with Crippen LogP contribution in [-0.2, 0) is 14.3 Å². The first kappa shape index (κ1) is 31.3. The molecule has 0 bridgehead atoms. The zero-order valence-corrected chi connectivity index (χ0v) is 24.4. The number of pyridine rings is 1. The van der Waals surface area contributed by atoms with Crippen LogP contribution in [0.3, 0.4) is 0 Å². The molecule has 3 amide bonds. The van der Waals surface area contributed by atoms with E-state index < -0.39 is 29.8 Å². The molecule has 1 unspecified atom stereocenters. The predicted molar refractivity (Wildman–Crippen MR) is 163 cm³/mol. The second-order valence-electron chi connectivity index (χ2n) is 9.70. The zero-order chi connectivity index (χ0) is 31.6. The Labute approximate surface area is 253 Å². The van der Waals surface area contributed by atoms with Gasteiger partial charge in [-0.25, -0.2) is 14.0 Å². The molecule has 11 nitrogen and oxygen atoms in total. The average Bonchev–Trinajstić information content (AvgIpc) is 3.51. The maximum absolute atomic E-state index is 14.8. The highest BCUT2D eigenvalue weighted by Crippen LogP contribution is 2.28. The van der Waals surface area contributed by atoms with Crippen molar-refractivity contribution in [2.24, 2.45) is 0 Å². The molecule has 0 aliphatic rings. The lowest BCUT2D eigenvalue weighted by Crippen LogP contribution is -2.41. The van der Waals surface area contributed by atoms with E-state index in [1.54, 1.807) is 36.4 Å². The fourth-order valence-electron chi connectivity index (χ4n) is 4.14. The number of nitrogens with one attached hydrogen (secondary N) is 4. The van der Waals surface area contributed by atoms with E-state index >= 15 is 0 Å². The van der Waals surface area contributed by atoms with Crippen molar-refractivity contribution in [3.05, 3.63) is 102 Å². The smallest absolute Gasteiger partial charge is 0.328 e. The van der Waals surface area contributed by atoms with E-state index in [1.165, 1.54) is 38.7 Å². The average molecular weight is 602 g/mol. The lowest BCUT2D eigenvalue weighted by molar-refractivity contribution is -0.143. The molecule has 0 aliphatic heterocycles. The molecule has 4 rings (SSSR count). The molecule has 4 N–H and O–H groups in total. The normalized spacial score (nSPS) is 11.2. The van der Waals surface area contributed by atoms with E-state index in [1.807, 2.05) is 13.0 Å². The minimum atomic E-state index is -0.892. The van der Waals surface area contributed by atoms with Gasteiger partial charge in [-0.2, -0.15) is 0 Å². The second kappa shape index (κ2) is 14.5. The number of amides is 3. The molecule has 4 aromatic rings. The van der Waals surface area contributed by atoms with Crippen LogP contribution in [0.15, 0.2) is 85.4 Å². The fraction of sp³-hybridized carbons (Fsp3) is 0.188. The van der Waals surface area contributed by atoms with Gasteiger partial charge in [0.2, 0.25) is 0 Å². The van der Waals surface area contributed by atoms with Crippen molar-refractivity contribution in [1.29, 1.82) is 0 Å². The van der Waals surface area contributed by atoms with Crippen LogP contribution in [-0.4, -0.2) is 48.1 Å². The molecule has 228 valence electrons. The third kappa shape index (κ3) is 8.44. The number of benzene rings is 2. The number of nitrogens with zero attached hydrogens (tertiary/aromatic N) is 1. The van der Waals surface area contributed by atoms with Crippen LogP contribution in [0.1, 0.15) is 28.8 Å². The summed E-state index contributed by atoms with van der Waals surface area (Å²) in [5.41, 5.74) is 2.77. The number of urea groups is 1. The minimum Gasteiger partial charge on any atom is -0.502 e. The number of carbonyl (C=O) groups excluding carboxylic acids is 3. The molecule has 0 aliphatic carbocycles. The molecule has 44 heavy (non-hydrogen) atoms. The largest absolute Gasteiger partial charge is 0.502 e. The number of methoxy groups -OCH3 is 2. The summed E-state index contributed by atoms with van der Waals surface area (Å²) in [6.07, 6.45) is 3.60. The Kier molecular flexibility index (Phi) is 10.3. The number of allylic oxidation sites excluding steroid dienone is 1. The van der Waals surface area contributed by atoms with Gasteiger partial charge in [0.15, 0.2) is 0 Å². The van der Waals surface area contributed by atoms with Crippen LogP contribution < -0.4 is 20.7 Å². The van der Waals surface area contributed by atoms with Crippen molar-refractivity contribution in [2.75, 3.05) is 24.9 Å². The summed E-state index contributed by atoms with van der Waals surface area (Å²) in [5, 5.41) is 7.81. The number of hydrogen-bond donors (Lipinski definition) is 4. The number of carbonyl (C=O) groups is 3. The second-order valence-corrected chi connectivity index (χ2v) is 9.70. The van der Waals surface area contributed by atoms with Gasteiger partial charge in [-0.3, -0.25) is 9.78 Å². The van der Waals surface area contributed by atoms with Gasteiger partial charge in [-0.1, -0.05) is 18.7 Å².